The number of carbonyl (C=O) groups excluding carboxylic acids is 2. The largest absolute Gasteiger partial charge is 0.493 e. The van der Waals surface area contributed by atoms with E-state index in [0.29, 0.717) is 18.3 Å². The topological polar surface area (TPSA) is 76.5 Å². The van der Waals surface area contributed by atoms with E-state index in [2.05, 4.69) is 18.6 Å². The molecular formula is C21H26F3NO4. The first-order valence-corrected chi connectivity index (χ1v) is 9.52. The number of unbranched alkanes of at least 4 members (excludes halogenated alkanes) is 1. The summed E-state index contributed by atoms with van der Waals surface area (Å²) < 4.78 is 47.5. The monoisotopic (exact) mass is 413 g/mol. The number of esters is 1. The number of ether oxygens (including phenoxy) is 2. The Kier molecular flexibility index (Phi) is 10.2. The Balaban J connectivity index is 2.49. The van der Waals surface area contributed by atoms with E-state index in [1.54, 1.807) is 24.3 Å². The molecule has 1 aromatic carbocycles. The molecule has 0 fully saturated rings. The minimum atomic E-state index is -5.26. The number of halogens is 3. The van der Waals surface area contributed by atoms with Gasteiger partial charge in [-0.05, 0) is 35.9 Å². The van der Waals surface area contributed by atoms with Crippen LogP contribution in [0.15, 0.2) is 29.8 Å². The fourth-order valence-electron chi connectivity index (χ4n) is 2.54. The normalized spacial score (nSPS) is 12.0. The van der Waals surface area contributed by atoms with E-state index in [0.717, 1.165) is 24.8 Å². The second kappa shape index (κ2) is 12.1. The lowest BCUT2D eigenvalue weighted by molar-refractivity contribution is -0.168. The first-order chi connectivity index (χ1) is 13.7. The van der Waals surface area contributed by atoms with Gasteiger partial charge in [-0.15, -0.1) is 0 Å². The first kappa shape index (κ1) is 24.4. The molecule has 0 saturated carbocycles. The maximum atomic E-state index is 12.4. The highest BCUT2D eigenvalue weighted by Crippen LogP contribution is 2.21. The van der Waals surface area contributed by atoms with E-state index in [4.69, 9.17) is 10.1 Å². The van der Waals surface area contributed by atoms with Crippen LogP contribution in [0.2, 0.25) is 0 Å². The van der Waals surface area contributed by atoms with Crippen LogP contribution in [-0.2, 0) is 20.7 Å². The van der Waals surface area contributed by atoms with Crippen molar-refractivity contribution in [1.29, 1.82) is 5.41 Å². The molecule has 0 aliphatic rings. The zero-order valence-corrected chi connectivity index (χ0v) is 16.6. The van der Waals surface area contributed by atoms with Crippen molar-refractivity contribution in [1.82, 2.24) is 0 Å². The van der Waals surface area contributed by atoms with E-state index in [9.17, 15) is 22.8 Å². The molecule has 0 spiro atoms. The molecule has 1 rings (SSSR count). The number of hydrogen-bond donors (Lipinski definition) is 1. The van der Waals surface area contributed by atoms with Gasteiger partial charge in [0.05, 0.1) is 13.2 Å². The molecule has 8 heteroatoms. The van der Waals surface area contributed by atoms with Gasteiger partial charge < -0.3 is 9.47 Å². The Labute approximate surface area is 168 Å². The number of ketones is 1. The molecule has 1 unspecified atom stereocenters. The van der Waals surface area contributed by atoms with Crippen molar-refractivity contribution in [2.45, 2.75) is 52.1 Å². The molecule has 1 atom stereocenters. The van der Waals surface area contributed by atoms with Gasteiger partial charge in [-0.1, -0.05) is 45.2 Å². The predicted octanol–water partition coefficient (Wildman–Crippen LogP) is 4.67. The van der Waals surface area contributed by atoms with Gasteiger partial charge in [0.15, 0.2) is 5.57 Å². The summed E-state index contributed by atoms with van der Waals surface area (Å²) in [5.41, 5.74) is -0.680. The Morgan fingerprint density at radius 3 is 2.34 bits per heavy atom. The summed E-state index contributed by atoms with van der Waals surface area (Å²) in [5.74, 6) is -1.53. The number of benzene rings is 1. The van der Waals surface area contributed by atoms with Crippen molar-refractivity contribution in [3.63, 3.8) is 0 Å². The second-order valence-electron chi connectivity index (χ2n) is 6.58. The van der Waals surface area contributed by atoms with Crippen molar-refractivity contribution in [3.05, 3.63) is 35.4 Å². The number of hydrogen-bond acceptors (Lipinski definition) is 5. The predicted molar refractivity (Wildman–Crippen MR) is 102 cm³/mol. The van der Waals surface area contributed by atoms with E-state index >= 15 is 0 Å². The molecule has 0 bridgehead atoms. The number of Topliss-reactive ketones (excluding diaryl/α,β-unsaturated/α-hetero) is 1. The molecule has 1 aromatic rings. The summed E-state index contributed by atoms with van der Waals surface area (Å²) in [5, 5.41) is 6.72. The van der Waals surface area contributed by atoms with E-state index < -0.39 is 23.5 Å². The fraction of sp³-hybridized carbons (Fsp3) is 0.524. The first-order valence-electron chi connectivity index (χ1n) is 9.52. The van der Waals surface area contributed by atoms with Crippen molar-refractivity contribution in [2.75, 3.05) is 13.2 Å². The van der Waals surface area contributed by atoms with Gasteiger partial charge in [0.1, 0.15) is 5.75 Å². The minimum absolute atomic E-state index is 0.232. The summed E-state index contributed by atoms with van der Waals surface area (Å²) in [6.45, 7) is 4.69. The van der Waals surface area contributed by atoms with Crippen molar-refractivity contribution < 1.29 is 32.2 Å². The minimum Gasteiger partial charge on any atom is -0.493 e. The van der Waals surface area contributed by atoms with Crippen LogP contribution >= 0.6 is 0 Å². The highest BCUT2D eigenvalue weighted by atomic mass is 19.4. The highest BCUT2D eigenvalue weighted by molar-refractivity contribution is 6.25. The molecule has 0 radical (unpaired) electrons. The smallest absolute Gasteiger partial charge is 0.455 e. The molecule has 0 heterocycles. The Bertz CT molecular complexity index is 722. The highest BCUT2D eigenvalue weighted by Gasteiger charge is 2.44. The quantitative estimate of drug-likeness (QED) is 0.178. The van der Waals surface area contributed by atoms with Crippen LogP contribution in [0.3, 0.4) is 0 Å². The van der Waals surface area contributed by atoms with Gasteiger partial charge in [0.2, 0.25) is 0 Å². The molecular weight excluding hydrogens is 387 g/mol. The molecule has 5 nitrogen and oxygen atoms in total. The van der Waals surface area contributed by atoms with Crippen LogP contribution < -0.4 is 4.74 Å². The molecule has 160 valence electrons. The maximum absolute atomic E-state index is 12.4. The number of rotatable bonds is 12. The lowest BCUT2D eigenvalue weighted by atomic mass is 10.0. The molecule has 29 heavy (non-hydrogen) atoms. The maximum Gasteiger partial charge on any atom is 0.455 e. The summed E-state index contributed by atoms with van der Waals surface area (Å²) in [7, 11) is 0. The van der Waals surface area contributed by atoms with Crippen LogP contribution in [0.5, 0.6) is 5.75 Å². The average molecular weight is 413 g/mol. The zero-order chi connectivity index (χ0) is 21.9. The Hall–Kier alpha value is -2.60. The van der Waals surface area contributed by atoms with Gasteiger partial charge in [-0.2, -0.15) is 13.2 Å². The second-order valence-corrected chi connectivity index (χ2v) is 6.58. The number of nitrogens with one attached hydrogen (secondary N) is 1. The summed E-state index contributed by atoms with van der Waals surface area (Å²) in [6.07, 6.45) is -0.524. The Morgan fingerprint density at radius 1 is 1.17 bits per heavy atom. The third kappa shape index (κ3) is 8.52. The van der Waals surface area contributed by atoms with Crippen LogP contribution in [0.4, 0.5) is 13.2 Å². The average Bonchev–Trinajstić information content (AvgIpc) is 2.69. The van der Waals surface area contributed by atoms with Gasteiger partial charge >= 0.3 is 12.1 Å². The van der Waals surface area contributed by atoms with E-state index in [-0.39, 0.29) is 13.0 Å². The van der Waals surface area contributed by atoms with E-state index in [1.165, 1.54) is 12.3 Å². The summed E-state index contributed by atoms with van der Waals surface area (Å²) >= 11 is 0. The molecule has 0 aliphatic heterocycles. The van der Waals surface area contributed by atoms with Crippen LogP contribution in [0.25, 0.3) is 0 Å². The third-order valence-electron chi connectivity index (χ3n) is 4.39. The van der Waals surface area contributed by atoms with Gasteiger partial charge in [-0.25, -0.2) is 4.79 Å². The van der Waals surface area contributed by atoms with Crippen molar-refractivity contribution in [3.8, 4) is 5.75 Å². The number of alkyl halides is 3. The van der Waals surface area contributed by atoms with Crippen LogP contribution in [0, 0.1) is 11.3 Å². The lowest BCUT2D eigenvalue weighted by Crippen LogP contribution is -2.29. The number of carbonyl (C=O) groups is 2. The standard InChI is InChI=1S/C21H26F3NO4/c1-3-5-6-15(4-2)14-29-17-9-7-16(8-10-17)11-12-28-20(27)18(13-25)19(26)21(22,23)24/h7-10,15,25H,3-6,11-12,14H2,1-2H3. The zero-order valence-electron chi connectivity index (χ0n) is 16.6. The molecule has 0 aliphatic carbocycles. The van der Waals surface area contributed by atoms with Crippen LogP contribution in [0.1, 0.15) is 45.1 Å². The van der Waals surface area contributed by atoms with Gasteiger partial charge in [-0.3, -0.25) is 10.2 Å². The molecule has 0 amide bonds. The summed E-state index contributed by atoms with van der Waals surface area (Å²) in [6, 6.07) is 7.09. The van der Waals surface area contributed by atoms with Gasteiger partial charge in [0.25, 0.3) is 5.78 Å². The lowest BCUT2D eigenvalue weighted by Gasteiger charge is -2.15. The summed E-state index contributed by atoms with van der Waals surface area (Å²) in [4.78, 5) is 22.6. The molecule has 1 N–H and O–H groups in total. The van der Waals surface area contributed by atoms with Gasteiger partial charge in [0, 0.05) is 6.42 Å². The molecule has 0 aromatic heterocycles. The third-order valence-corrected chi connectivity index (χ3v) is 4.39. The SMILES string of the molecule is CCCCC(CC)COc1ccc(CCOC(=O)C(=C=N)C(=O)C(F)(F)F)cc1. The molecule has 0 saturated heterocycles. The van der Waals surface area contributed by atoms with Crippen LogP contribution in [-0.4, -0.2) is 37.0 Å². The van der Waals surface area contributed by atoms with E-state index in [1.807, 2.05) is 0 Å². The fourth-order valence-corrected chi connectivity index (χ4v) is 2.54. The van der Waals surface area contributed by atoms with Crippen molar-refractivity contribution in [2.24, 2.45) is 5.92 Å². The Morgan fingerprint density at radius 2 is 1.83 bits per heavy atom. The van der Waals surface area contributed by atoms with Crippen molar-refractivity contribution >= 4 is 17.6 Å².